The van der Waals surface area contributed by atoms with Gasteiger partial charge in [-0.25, -0.2) is 4.39 Å². The van der Waals surface area contributed by atoms with Gasteiger partial charge >= 0.3 is 0 Å². The highest BCUT2D eigenvalue weighted by Crippen LogP contribution is 2.28. The molecule has 18 heavy (non-hydrogen) atoms. The summed E-state index contributed by atoms with van der Waals surface area (Å²) < 4.78 is 15.6. The zero-order chi connectivity index (χ0) is 13.1. The van der Waals surface area contributed by atoms with E-state index in [1.54, 1.807) is 23.5 Å². The summed E-state index contributed by atoms with van der Waals surface area (Å²) in [6.07, 6.45) is 0.509. The van der Waals surface area contributed by atoms with E-state index in [0.717, 1.165) is 13.8 Å². The predicted molar refractivity (Wildman–Crippen MR) is 79.9 cm³/mol. The van der Waals surface area contributed by atoms with Crippen molar-refractivity contribution in [2.75, 3.05) is 0 Å². The lowest BCUT2D eigenvalue weighted by Crippen LogP contribution is -2.29. The molecule has 1 heterocycles. The van der Waals surface area contributed by atoms with Gasteiger partial charge in [0.1, 0.15) is 5.82 Å². The second kappa shape index (κ2) is 6.25. The van der Waals surface area contributed by atoms with Crippen molar-refractivity contribution in [3.05, 3.63) is 54.8 Å². The molecule has 0 aliphatic carbocycles. The number of thiophene rings is 1. The molecule has 0 aliphatic heterocycles. The molecule has 3 N–H and O–H groups in total. The maximum absolute atomic E-state index is 13.7. The van der Waals surface area contributed by atoms with Gasteiger partial charge in [0, 0.05) is 19.2 Å². The molecule has 0 saturated heterocycles. The van der Waals surface area contributed by atoms with Crippen molar-refractivity contribution in [2.45, 2.75) is 12.5 Å². The highest BCUT2D eigenvalue weighted by Gasteiger charge is 2.15. The van der Waals surface area contributed by atoms with Crippen LogP contribution in [0.5, 0.6) is 0 Å². The van der Waals surface area contributed by atoms with Gasteiger partial charge in [-0.1, -0.05) is 15.9 Å². The molecule has 1 aromatic heterocycles. The Hall–Kier alpha value is -0.270. The van der Waals surface area contributed by atoms with Crippen LogP contribution in [0.3, 0.4) is 0 Å². The quantitative estimate of drug-likeness (QED) is 0.604. The molecular weight excluding hydrogens is 383 g/mol. The van der Waals surface area contributed by atoms with Gasteiger partial charge in [-0.2, -0.15) is 0 Å². The molecule has 0 aliphatic rings. The van der Waals surface area contributed by atoms with Crippen LogP contribution < -0.4 is 11.3 Å². The minimum absolute atomic E-state index is 0.0925. The second-order valence-electron chi connectivity index (χ2n) is 3.83. The van der Waals surface area contributed by atoms with E-state index < -0.39 is 0 Å². The summed E-state index contributed by atoms with van der Waals surface area (Å²) in [4.78, 5) is 1.07. The molecule has 0 fully saturated rings. The molecule has 2 rings (SSSR count). The normalized spacial score (nSPS) is 12.7. The summed E-state index contributed by atoms with van der Waals surface area (Å²) in [6.45, 7) is 0. The summed E-state index contributed by atoms with van der Waals surface area (Å²) in [5.74, 6) is 5.34. The van der Waals surface area contributed by atoms with Crippen molar-refractivity contribution in [3.63, 3.8) is 0 Å². The lowest BCUT2D eigenvalue weighted by molar-refractivity contribution is 0.535. The van der Waals surface area contributed by atoms with Crippen LogP contribution in [-0.2, 0) is 6.42 Å². The zero-order valence-corrected chi connectivity index (χ0v) is 13.3. The van der Waals surface area contributed by atoms with Crippen LogP contribution in [0.4, 0.5) is 4.39 Å². The average molecular weight is 394 g/mol. The molecule has 0 saturated carbocycles. The van der Waals surface area contributed by atoms with Crippen molar-refractivity contribution < 1.29 is 4.39 Å². The molecule has 2 nitrogen and oxygen atoms in total. The van der Waals surface area contributed by atoms with E-state index in [-0.39, 0.29) is 11.9 Å². The number of benzene rings is 1. The lowest BCUT2D eigenvalue weighted by atomic mass is 10.0. The molecule has 6 heteroatoms. The standard InChI is InChI=1S/C12H11Br2FN2S/c13-8-1-2-10(15)7(3-8)4-11(17-16)12-5-9(14)6-18-12/h1-3,5-6,11,17H,4,16H2. The number of halogens is 3. The summed E-state index contributed by atoms with van der Waals surface area (Å²) in [5, 5.41) is 1.98. The van der Waals surface area contributed by atoms with E-state index in [1.165, 1.54) is 6.07 Å². The SMILES string of the molecule is NNC(Cc1cc(Br)ccc1F)c1cc(Br)cs1. The highest BCUT2D eigenvalue weighted by molar-refractivity contribution is 9.10. The van der Waals surface area contributed by atoms with Crippen LogP contribution in [0, 0.1) is 5.82 Å². The van der Waals surface area contributed by atoms with Crippen LogP contribution in [0.25, 0.3) is 0 Å². The molecule has 1 unspecified atom stereocenters. The molecule has 2 aromatic rings. The number of rotatable bonds is 4. The molecule has 0 amide bonds. The molecular formula is C12H11Br2FN2S. The van der Waals surface area contributed by atoms with Gasteiger partial charge in [0.15, 0.2) is 0 Å². The Morgan fingerprint density at radius 1 is 1.28 bits per heavy atom. The van der Waals surface area contributed by atoms with Gasteiger partial charge in [-0.15, -0.1) is 11.3 Å². The maximum Gasteiger partial charge on any atom is 0.126 e. The first-order chi connectivity index (χ1) is 8.60. The van der Waals surface area contributed by atoms with Gasteiger partial charge in [0.2, 0.25) is 0 Å². The third-order valence-electron chi connectivity index (χ3n) is 2.56. The Balaban J connectivity index is 2.22. The van der Waals surface area contributed by atoms with E-state index >= 15 is 0 Å². The maximum atomic E-state index is 13.7. The highest BCUT2D eigenvalue weighted by atomic mass is 79.9. The molecule has 0 spiro atoms. The first-order valence-corrected chi connectivity index (χ1v) is 7.70. The first-order valence-electron chi connectivity index (χ1n) is 5.24. The van der Waals surface area contributed by atoms with Crippen LogP contribution in [0.15, 0.2) is 38.6 Å². The van der Waals surface area contributed by atoms with Gasteiger partial charge in [-0.05, 0) is 52.2 Å². The van der Waals surface area contributed by atoms with Crippen LogP contribution in [0.2, 0.25) is 0 Å². The number of hydrogen-bond donors (Lipinski definition) is 2. The number of nitrogens with two attached hydrogens (primary N) is 1. The Labute approximate surface area is 126 Å². The third-order valence-corrected chi connectivity index (χ3v) is 4.86. The smallest absolute Gasteiger partial charge is 0.126 e. The summed E-state index contributed by atoms with van der Waals surface area (Å²) >= 11 is 8.33. The Morgan fingerprint density at radius 2 is 2.06 bits per heavy atom. The van der Waals surface area contributed by atoms with Gasteiger partial charge in [0.05, 0.1) is 6.04 Å². The Bertz CT molecular complexity index is 545. The van der Waals surface area contributed by atoms with Crippen LogP contribution in [-0.4, -0.2) is 0 Å². The minimum Gasteiger partial charge on any atom is -0.271 e. The van der Waals surface area contributed by atoms with Crippen LogP contribution in [0.1, 0.15) is 16.5 Å². The van der Waals surface area contributed by atoms with Crippen molar-refractivity contribution in [2.24, 2.45) is 5.84 Å². The van der Waals surface area contributed by atoms with Crippen molar-refractivity contribution in [1.29, 1.82) is 0 Å². The van der Waals surface area contributed by atoms with E-state index in [4.69, 9.17) is 5.84 Å². The Kier molecular flexibility index (Phi) is 4.91. The number of hydrogen-bond acceptors (Lipinski definition) is 3. The average Bonchev–Trinajstić information content (AvgIpc) is 2.77. The monoisotopic (exact) mass is 392 g/mol. The van der Waals surface area contributed by atoms with Crippen molar-refractivity contribution in [3.8, 4) is 0 Å². The van der Waals surface area contributed by atoms with E-state index in [1.807, 2.05) is 11.4 Å². The fraction of sp³-hybridized carbons (Fsp3) is 0.167. The van der Waals surface area contributed by atoms with E-state index in [0.29, 0.717) is 12.0 Å². The van der Waals surface area contributed by atoms with Gasteiger partial charge in [0.25, 0.3) is 0 Å². The van der Waals surface area contributed by atoms with Crippen molar-refractivity contribution in [1.82, 2.24) is 5.43 Å². The summed E-state index contributed by atoms with van der Waals surface area (Å²) in [7, 11) is 0. The molecule has 0 bridgehead atoms. The first kappa shape index (κ1) is 14.1. The Morgan fingerprint density at radius 3 is 2.67 bits per heavy atom. The summed E-state index contributed by atoms with van der Waals surface area (Å²) in [6, 6.07) is 6.82. The predicted octanol–water partition coefficient (Wildman–Crippen LogP) is 4.16. The van der Waals surface area contributed by atoms with Crippen LogP contribution >= 0.6 is 43.2 Å². The number of hydrazine groups is 1. The van der Waals surface area contributed by atoms with Crippen molar-refractivity contribution >= 4 is 43.2 Å². The lowest BCUT2D eigenvalue weighted by Gasteiger charge is -2.15. The zero-order valence-electron chi connectivity index (χ0n) is 9.29. The van der Waals surface area contributed by atoms with E-state index in [2.05, 4.69) is 37.3 Å². The topological polar surface area (TPSA) is 38.0 Å². The largest absolute Gasteiger partial charge is 0.271 e. The molecule has 1 aromatic carbocycles. The fourth-order valence-corrected chi connectivity index (χ4v) is 3.59. The van der Waals surface area contributed by atoms with E-state index in [9.17, 15) is 4.39 Å². The number of nitrogens with one attached hydrogen (secondary N) is 1. The molecule has 1 atom stereocenters. The molecule has 96 valence electrons. The molecule has 0 radical (unpaired) electrons. The van der Waals surface area contributed by atoms with Gasteiger partial charge in [-0.3, -0.25) is 11.3 Å². The second-order valence-corrected chi connectivity index (χ2v) is 6.60. The summed E-state index contributed by atoms with van der Waals surface area (Å²) in [5.41, 5.74) is 3.37. The third kappa shape index (κ3) is 3.39. The van der Waals surface area contributed by atoms with Gasteiger partial charge < -0.3 is 0 Å². The fourth-order valence-electron chi connectivity index (χ4n) is 1.67. The minimum atomic E-state index is -0.214.